The van der Waals surface area contributed by atoms with Gasteiger partial charge in [-0.2, -0.15) is 0 Å². The van der Waals surface area contributed by atoms with Gasteiger partial charge >= 0.3 is 0 Å². The quantitative estimate of drug-likeness (QED) is 0.731. The van der Waals surface area contributed by atoms with Gasteiger partial charge < -0.3 is 14.9 Å². The number of aliphatic hydroxyl groups excluding tert-OH is 2. The van der Waals surface area contributed by atoms with Crippen LogP contribution in [0.4, 0.5) is 0 Å². The second kappa shape index (κ2) is 5.18. The summed E-state index contributed by atoms with van der Waals surface area (Å²) in [5.41, 5.74) is 0.126. The number of fused-ring (bicyclic) bond motifs is 5. The van der Waals surface area contributed by atoms with Gasteiger partial charge in [-0.25, -0.2) is 0 Å². The highest BCUT2D eigenvalue weighted by atomic mass is 16.5. The molecule has 0 amide bonds. The minimum Gasteiger partial charge on any atom is -0.389 e. The van der Waals surface area contributed by atoms with Crippen molar-refractivity contribution in [2.45, 2.75) is 57.8 Å². The molecule has 128 valence electrons. The van der Waals surface area contributed by atoms with Crippen molar-refractivity contribution in [1.82, 2.24) is 0 Å². The topological polar surface area (TPSA) is 49.7 Å². The van der Waals surface area contributed by atoms with Crippen molar-refractivity contribution in [1.29, 1.82) is 0 Å². The minimum absolute atomic E-state index is 0.0287. The molecule has 0 aromatic heterocycles. The Balaban J connectivity index is 1.74. The number of allylic oxidation sites excluding steroid dienone is 2. The summed E-state index contributed by atoms with van der Waals surface area (Å²) in [5, 5.41) is 20.6. The number of hydrogen-bond donors (Lipinski definition) is 2. The van der Waals surface area contributed by atoms with Gasteiger partial charge in [-0.1, -0.05) is 38.2 Å². The first-order valence-electron chi connectivity index (χ1n) is 9.17. The Morgan fingerprint density at radius 2 is 1.87 bits per heavy atom. The van der Waals surface area contributed by atoms with Crippen molar-refractivity contribution in [3.05, 3.63) is 24.3 Å². The maximum atomic E-state index is 10.5. The summed E-state index contributed by atoms with van der Waals surface area (Å²) in [7, 11) is 1.83. The van der Waals surface area contributed by atoms with Gasteiger partial charge in [0.15, 0.2) is 0 Å². The van der Waals surface area contributed by atoms with E-state index in [0.717, 1.165) is 25.7 Å². The van der Waals surface area contributed by atoms with Crippen molar-refractivity contribution < 1.29 is 14.9 Å². The van der Waals surface area contributed by atoms with Gasteiger partial charge in [0.1, 0.15) is 0 Å². The van der Waals surface area contributed by atoms with Crippen molar-refractivity contribution in [2.24, 2.45) is 34.5 Å². The third-order valence-electron chi connectivity index (χ3n) is 7.94. The fourth-order valence-electron chi connectivity index (χ4n) is 6.42. The minimum atomic E-state index is -0.319. The second-order valence-electron chi connectivity index (χ2n) is 8.82. The van der Waals surface area contributed by atoms with Crippen LogP contribution in [0.15, 0.2) is 24.3 Å². The van der Waals surface area contributed by atoms with Crippen molar-refractivity contribution in [2.75, 3.05) is 7.11 Å². The lowest BCUT2D eigenvalue weighted by molar-refractivity contribution is -0.153. The smallest absolute Gasteiger partial charge is 0.0780 e. The van der Waals surface area contributed by atoms with E-state index >= 15 is 0 Å². The molecule has 0 radical (unpaired) electrons. The first-order chi connectivity index (χ1) is 10.9. The molecule has 0 saturated heterocycles. The van der Waals surface area contributed by atoms with Gasteiger partial charge in [-0.05, 0) is 54.8 Å². The first kappa shape index (κ1) is 15.9. The number of ether oxygens (including phenoxy) is 1. The molecule has 2 fully saturated rings. The van der Waals surface area contributed by atoms with E-state index in [1.165, 1.54) is 0 Å². The summed E-state index contributed by atoms with van der Waals surface area (Å²) < 4.78 is 5.96. The van der Waals surface area contributed by atoms with Gasteiger partial charge in [0.25, 0.3) is 0 Å². The van der Waals surface area contributed by atoms with E-state index in [1.54, 1.807) is 0 Å². The maximum Gasteiger partial charge on any atom is 0.0780 e. The molecule has 0 spiro atoms. The summed E-state index contributed by atoms with van der Waals surface area (Å²) in [6.07, 6.45) is 12.3. The zero-order valence-corrected chi connectivity index (χ0v) is 14.5. The van der Waals surface area contributed by atoms with Gasteiger partial charge in [0.2, 0.25) is 0 Å². The lowest BCUT2D eigenvalue weighted by atomic mass is 9.45. The molecule has 2 N–H and O–H groups in total. The molecular formula is C20H30O3. The molecule has 0 aliphatic heterocycles. The zero-order valence-electron chi connectivity index (χ0n) is 14.5. The van der Waals surface area contributed by atoms with E-state index in [2.05, 4.69) is 26.0 Å². The molecule has 23 heavy (non-hydrogen) atoms. The molecule has 2 saturated carbocycles. The fraction of sp³-hybridized carbons (Fsp3) is 0.800. The van der Waals surface area contributed by atoms with E-state index in [-0.39, 0.29) is 29.1 Å². The van der Waals surface area contributed by atoms with Crippen molar-refractivity contribution in [3.63, 3.8) is 0 Å². The van der Waals surface area contributed by atoms with Crippen LogP contribution < -0.4 is 0 Å². The summed E-state index contributed by atoms with van der Waals surface area (Å²) >= 11 is 0. The molecule has 0 aromatic rings. The van der Waals surface area contributed by atoms with Crippen LogP contribution in [0.5, 0.6) is 0 Å². The summed E-state index contributed by atoms with van der Waals surface area (Å²) in [6, 6.07) is 0. The summed E-state index contributed by atoms with van der Waals surface area (Å²) in [6.45, 7) is 4.64. The van der Waals surface area contributed by atoms with Gasteiger partial charge in [0, 0.05) is 12.5 Å². The van der Waals surface area contributed by atoms with E-state index in [1.807, 2.05) is 19.3 Å². The molecule has 3 heteroatoms. The van der Waals surface area contributed by atoms with E-state index in [9.17, 15) is 10.2 Å². The highest BCUT2D eigenvalue weighted by Crippen LogP contribution is 2.64. The lowest BCUT2D eigenvalue weighted by Crippen LogP contribution is -2.58. The predicted octanol–water partition coefficient (Wildman–Crippen LogP) is 2.93. The van der Waals surface area contributed by atoms with Crippen LogP contribution in [0.1, 0.15) is 39.5 Å². The predicted molar refractivity (Wildman–Crippen MR) is 89.7 cm³/mol. The molecule has 4 rings (SSSR count). The monoisotopic (exact) mass is 318 g/mol. The van der Waals surface area contributed by atoms with E-state index in [0.29, 0.717) is 23.7 Å². The average Bonchev–Trinajstić information content (AvgIpc) is 2.83. The normalized spacial score (nSPS) is 57.7. The number of hydrogen-bond acceptors (Lipinski definition) is 3. The standard InChI is InChI=1S/C20H30O3/c1-19-8-6-13(21)10-12(19)11-16(23-3)18-14-4-5-17(22)20(14,2)9-7-15(18)19/h4-6,8,12-18,21-22H,7,9-11H2,1-3H3/t12?,13-,14-,15-,16-,17-,18-,19-,20-/m0/s1. The van der Waals surface area contributed by atoms with Crippen molar-refractivity contribution >= 4 is 0 Å². The maximum absolute atomic E-state index is 10.5. The Kier molecular flexibility index (Phi) is 3.57. The Morgan fingerprint density at radius 3 is 2.61 bits per heavy atom. The molecule has 3 nitrogen and oxygen atoms in total. The van der Waals surface area contributed by atoms with E-state index in [4.69, 9.17) is 4.74 Å². The number of aliphatic hydroxyl groups is 2. The Labute approximate surface area is 139 Å². The molecule has 1 unspecified atom stereocenters. The molecule has 4 aliphatic rings. The van der Waals surface area contributed by atoms with Crippen LogP contribution in [-0.2, 0) is 4.74 Å². The largest absolute Gasteiger partial charge is 0.389 e. The van der Waals surface area contributed by atoms with Gasteiger partial charge in [-0.15, -0.1) is 0 Å². The molecular weight excluding hydrogens is 288 g/mol. The Bertz CT molecular complexity index is 541. The summed E-state index contributed by atoms with van der Waals surface area (Å²) in [5.74, 6) is 1.93. The van der Waals surface area contributed by atoms with Crippen LogP contribution in [0.3, 0.4) is 0 Å². The SMILES string of the molecule is CO[C@H]1CC2C[C@@H](O)C=C[C@]2(C)[C@H]2CC[C@]3(C)[C@@H](O)C=C[C@H]3[C@H]12. The molecule has 0 heterocycles. The van der Waals surface area contributed by atoms with Gasteiger partial charge in [0.05, 0.1) is 18.3 Å². The Morgan fingerprint density at radius 1 is 1.09 bits per heavy atom. The van der Waals surface area contributed by atoms with Gasteiger partial charge in [-0.3, -0.25) is 0 Å². The van der Waals surface area contributed by atoms with Crippen LogP contribution >= 0.6 is 0 Å². The molecule has 4 aliphatic carbocycles. The molecule has 9 atom stereocenters. The third kappa shape index (κ3) is 2.06. The van der Waals surface area contributed by atoms with Crippen LogP contribution in [-0.4, -0.2) is 35.6 Å². The second-order valence-corrected chi connectivity index (χ2v) is 8.82. The lowest BCUT2D eigenvalue weighted by Gasteiger charge is -2.60. The Hall–Kier alpha value is -0.640. The van der Waals surface area contributed by atoms with Crippen molar-refractivity contribution in [3.8, 4) is 0 Å². The number of methoxy groups -OCH3 is 1. The van der Waals surface area contributed by atoms with Crippen LogP contribution in [0, 0.1) is 34.5 Å². The van der Waals surface area contributed by atoms with Crippen LogP contribution in [0.25, 0.3) is 0 Å². The number of rotatable bonds is 1. The van der Waals surface area contributed by atoms with Crippen LogP contribution in [0.2, 0.25) is 0 Å². The average molecular weight is 318 g/mol. The zero-order chi connectivity index (χ0) is 16.4. The molecule has 0 aromatic carbocycles. The first-order valence-corrected chi connectivity index (χ1v) is 9.17. The van der Waals surface area contributed by atoms with E-state index < -0.39 is 0 Å². The molecule has 0 bridgehead atoms. The summed E-state index contributed by atoms with van der Waals surface area (Å²) in [4.78, 5) is 0. The highest BCUT2D eigenvalue weighted by molar-refractivity contribution is 5.24. The third-order valence-corrected chi connectivity index (χ3v) is 7.94. The fourth-order valence-corrected chi connectivity index (χ4v) is 6.42. The highest BCUT2D eigenvalue weighted by Gasteiger charge is 2.61.